The van der Waals surface area contributed by atoms with E-state index in [0.717, 1.165) is 5.57 Å². The quantitative estimate of drug-likeness (QED) is 0.394. The van der Waals surface area contributed by atoms with Gasteiger partial charge in [-0.15, -0.1) is 0 Å². The number of rotatable bonds is 1. The van der Waals surface area contributed by atoms with Crippen molar-refractivity contribution < 1.29 is 4.79 Å². The fourth-order valence-corrected chi connectivity index (χ4v) is 0.324. The van der Waals surface area contributed by atoms with Gasteiger partial charge < -0.3 is 0 Å². The van der Waals surface area contributed by atoms with Crippen molar-refractivity contribution in [3.05, 3.63) is 24.3 Å². The average molecular weight is 134 g/mol. The molecule has 0 aliphatic rings. The fourth-order valence-electron chi connectivity index (χ4n) is 0.324. The fraction of sp³-hybridized carbons (Fsp3) is 0.222. The first kappa shape index (κ1) is 8.71. The second kappa shape index (κ2) is 4.58. The topological polar surface area (TPSA) is 17.1 Å². The zero-order chi connectivity index (χ0) is 7.98. The lowest BCUT2D eigenvalue weighted by Crippen LogP contribution is -1.77. The van der Waals surface area contributed by atoms with E-state index in [4.69, 9.17) is 0 Å². The highest BCUT2D eigenvalue weighted by Gasteiger charge is 1.76. The maximum absolute atomic E-state index is 10.3. The number of carbonyl (C=O) groups excluding carboxylic acids is 1. The first-order valence-electron chi connectivity index (χ1n) is 2.97. The van der Waals surface area contributed by atoms with Crippen LogP contribution in [-0.4, -0.2) is 5.78 Å². The van der Waals surface area contributed by atoms with Gasteiger partial charge >= 0.3 is 0 Å². The summed E-state index contributed by atoms with van der Waals surface area (Å²) in [6.45, 7) is 6.88. The van der Waals surface area contributed by atoms with E-state index in [0.29, 0.717) is 0 Å². The summed E-state index contributed by atoms with van der Waals surface area (Å²) in [4.78, 5) is 10.3. The third-order valence-corrected chi connectivity index (χ3v) is 0.687. The van der Waals surface area contributed by atoms with Gasteiger partial charge in [0.15, 0.2) is 5.78 Å². The third-order valence-electron chi connectivity index (χ3n) is 0.687. The van der Waals surface area contributed by atoms with Gasteiger partial charge in [-0.25, -0.2) is 0 Å². The molecule has 0 unspecified atom stereocenters. The number of hydrogen-bond donors (Lipinski definition) is 0. The molecule has 0 amide bonds. The Labute approximate surface area is 61.4 Å². The third kappa shape index (κ3) is 6.71. The van der Waals surface area contributed by atoms with Gasteiger partial charge in [0.1, 0.15) is 0 Å². The van der Waals surface area contributed by atoms with Crippen molar-refractivity contribution in [3.8, 4) is 11.8 Å². The normalized spacial score (nSPS) is 8.60. The molecule has 0 rings (SSSR count). The molecule has 0 radical (unpaired) electrons. The molecular formula is C9H10O. The zero-order valence-electron chi connectivity index (χ0n) is 6.27. The Hall–Kier alpha value is -1.29. The Morgan fingerprint density at radius 1 is 1.50 bits per heavy atom. The Kier molecular flexibility index (Phi) is 3.99. The molecule has 0 fully saturated rings. The largest absolute Gasteiger partial charge is 0.295 e. The minimum absolute atomic E-state index is 0.0102. The van der Waals surface area contributed by atoms with Gasteiger partial charge in [0, 0.05) is 0 Å². The van der Waals surface area contributed by atoms with Gasteiger partial charge in [0.2, 0.25) is 0 Å². The highest BCUT2D eigenvalue weighted by Crippen LogP contribution is 1.80. The van der Waals surface area contributed by atoms with Gasteiger partial charge in [-0.05, 0) is 31.6 Å². The van der Waals surface area contributed by atoms with Gasteiger partial charge in [-0.1, -0.05) is 18.4 Å². The summed E-state index contributed by atoms with van der Waals surface area (Å²) in [5.41, 5.74) is 0.799. The van der Waals surface area contributed by atoms with Gasteiger partial charge in [0.25, 0.3) is 0 Å². The van der Waals surface area contributed by atoms with E-state index in [2.05, 4.69) is 18.4 Å². The molecule has 0 spiro atoms. The molecule has 0 aromatic rings. The average Bonchev–Trinajstić information content (AvgIpc) is 1.79. The second-order valence-electron chi connectivity index (χ2n) is 1.99. The van der Waals surface area contributed by atoms with E-state index >= 15 is 0 Å². The van der Waals surface area contributed by atoms with Crippen molar-refractivity contribution in [2.45, 2.75) is 13.8 Å². The molecule has 1 heteroatoms. The smallest absolute Gasteiger partial charge is 0.153 e. The summed E-state index contributed by atoms with van der Waals surface area (Å²) in [6.07, 6.45) is 2.95. The SMILES string of the molecule is C=C(C)C#C/C=C/C(C)=O. The standard InChI is InChI=1S/C9H10O/c1-8(2)6-4-5-7-9(3)10/h5,7H,1H2,2-3H3/b7-5+. The second-order valence-corrected chi connectivity index (χ2v) is 1.99. The lowest BCUT2D eigenvalue weighted by Gasteiger charge is -1.74. The lowest BCUT2D eigenvalue weighted by molar-refractivity contribution is -0.112. The molecule has 0 bridgehead atoms. The molecule has 0 heterocycles. The number of hydrogen-bond acceptors (Lipinski definition) is 1. The minimum atomic E-state index is 0.0102. The molecule has 0 saturated heterocycles. The Balaban J connectivity index is 3.87. The molecule has 1 nitrogen and oxygen atoms in total. The van der Waals surface area contributed by atoms with E-state index < -0.39 is 0 Å². The first-order valence-corrected chi connectivity index (χ1v) is 2.97. The van der Waals surface area contributed by atoms with Crippen molar-refractivity contribution >= 4 is 5.78 Å². The van der Waals surface area contributed by atoms with Crippen LogP contribution in [-0.2, 0) is 4.79 Å². The predicted molar refractivity (Wildman–Crippen MR) is 42.4 cm³/mol. The monoisotopic (exact) mass is 134 g/mol. The molecule has 0 N–H and O–H groups in total. The summed E-state index contributed by atoms with van der Waals surface area (Å²) in [6, 6.07) is 0. The van der Waals surface area contributed by atoms with Crippen LogP contribution in [0, 0.1) is 11.8 Å². The molecular weight excluding hydrogens is 124 g/mol. The molecule has 0 aromatic carbocycles. The summed E-state index contributed by atoms with van der Waals surface area (Å²) < 4.78 is 0. The summed E-state index contributed by atoms with van der Waals surface area (Å²) >= 11 is 0. The Bertz CT molecular complexity index is 223. The molecule has 0 aliphatic heterocycles. The molecule has 52 valence electrons. The zero-order valence-corrected chi connectivity index (χ0v) is 6.27. The maximum atomic E-state index is 10.3. The molecule has 0 aliphatic carbocycles. The van der Waals surface area contributed by atoms with Crippen molar-refractivity contribution in [3.63, 3.8) is 0 Å². The minimum Gasteiger partial charge on any atom is -0.295 e. The van der Waals surface area contributed by atoms with E-state index in [9.17, 15) is 4.79 Å². The summed E-state index contributed by atoms with van der Waals surface area (Å²) in [7, 11) is 0. The van der Waals surface area contributed by atoms with Crippen molar-refractivity contribution in [1.82, 2.24) is 0 Å². The van der Waals surface area contributed by atoms with E-state index in [1.54, 1.807) is 0 Å². The number of allylic oxidation sites excluding steroid dienone is 3. The van der Waals surface area contributed by atoms with E-state index in [1.807, 2.05) is 6.92 Å². The Morgan fingerprint density at radius 3 is 2.50 bits per heavy atom. The van der Waals surface area contributed by atoms with Crippen LogP contribution in [0.4, 0.5) is 0 Å². The highest BCUT2D eigenvalue weighted by atomic mass is 16.1. The predicted octanol–water partition coefficient (Wildman–Crippen LogP) is 1.71. The lowest BCUT2D eigenvalue weighted by atomic mass is 10.3. The highest BCUT2D eigenvalue weighted by molar-refractivity contribution is 5.87. The van der Waals surface area contributed by atoms with Gasteiger partial charge in [0.05, 0.1) is 0 Å². The maximum Gasteiger partial charge on any atom is 0.153 e. The molecule has 0 saturated carbocycles. The van der Waals surface area contributed by atoms with Gasteiger partial charge in [-0.2, -0.15) is 0 Å². The van der Waals surface area contributed by atoms with Crippen LogP contribution in [0.2, 0.25) is 0 Å². The van der Waals surface area contributed by atoms with Crippen molar-refractivity contribution in [2.75, 3.05) is 0 Å². The van der Waals surface area contributed by atoms with Crippen LogP contribution in [0.3, 0.4) is 0 Å². The summed E-state index contributed by atoms with van der Waals surface area (Å²) in [5, 5.41) is 0. The van der Waals surface area contributed by atoms with Crippen LogP contribution in [0.25, 0.3) is 0 Å². The molecule has 10 heavy (non-hydrogen) atoms. The van der Waals surface area contributed by atoms with E-state index in [-0.39, 0.29) is 5.78 Å². The Morgan fingerprint density at radius 2 is 2.10 bits per heavy atom. The number of carbonyl (C=O) groups is 1. The van der Waals surface area contributed by atoms with Crippen LogP contribution >= 0.6 is 0 Å². The van der Waals surface area contributed by atoms with Crippen LogP contribution in [0.5, 0.6) is 0 Å². The molecule has 0 aromatic heterocycles. The number of ketones is 1. The molecule has 0 atom stereocenters. The van der Waals surface area contributed by atoms with Gasteiger partial charge in [-0.3, -0.25) is 4.79 Å². The van der Waals surface area contributed by atoms with Crippen molar-refractivity contribution in [1.29, 1.82) is 0 Å². The van der Waals surface area contributed by atoms with Crippen LogP contribution in [0.15, 0.2) is 24.3 Å². The van der Waals surface area contributed by atoms with E-state index in [1.165, 1.54) is 19.1 Å². The van der Waals surface area contributed by atoms with Crippen LogP contribution < -0.4 is 0 Å². The van der Waals surface area contributed by atoms with Crippen molar-refractivity contribution in [2.24, 2.45) is 0 Å². The van der Waals surface area contributed by atoms with Crippen LogP contribution in [0.1, 0.15) is 13.8 Å². The first-order chi connectivity index (χ1) is 4.63. The summed E-state index contributed by atoms with van der Waals surface area (Å²) in [5.74, 6) is 5.39.